The second kappa shape index (κ2) is 7.23. The first-order chi connectivity index (χ1) is 14.0. The molecule has 154 valence electrons. The van der Waals surface area contributed by atoms with E-state index in [-0.39, 0.29) is 12.5 Å². The molecule has 1 atom stereocenters. The topological polar surface area (TPSA) is 94.7 Å². The van der Waals surface area contributed by atoms with E-state index < -0.39 is 17.9 Å². The zero-order valence-electron chi connectivity index (χ0n) is 15.6. The van der Waals surface area contributed by atoms with Crippen molar-refractivity contribution in [3.8, 4) is 11.3 Å². The highest BCUT2D eigenvalue weighted by atomic mass is 35.5. The average Bonchev–Trinajstić information content (AvgIpc) is 3.48. The lowest BCUT2D eigenvalue weighted by Crippen LogP contribution is -2.55. The van der Waals surface area contributed by atoms with Crippen molar-refractivity contribution in [2.24, 2.45) is 5.92 Å². The molecule has 7 nitrogen and oxygen atoms in total. The van der Waals surface area contributed by atoms with E-state index in [0.29, 0.717) is 40.1 Å². The van der Waals surface area contributed by atoms with Gasteiger partial charge in [0.15, 0.2) is 11.9 Å². The Labute approximate surface area is 177 Å². The van der Waals surface area contributed by atoms with Crippen molar-refractivity contribution >= 4 is 29.2 Å². The smallest absolute Gasteiger partial charge is 0.336 e. The molecule has 4 aliphatic rings. The maximum Gasteiger partial charge on any atom is 0.336 e. The molecule has 1 N–H and O–H groups in total. The van der Waals surface area contributed by atoms with Gasteiger partial charge in [0.1, 0.15) is 11.5 Å². The molecule has 2 aliphatic carbocycles. The Morgan fingerprint density at radius 1 is 1.21 bits per heavy atom. The molecule has 4 heterocycles. The van der Waals surface area contributed by atoms with E-state index in [9.17, 15) is 9.90 Å². The molecule has 2 aromatic heterocycles. The van der Waals surface area contributed by atoms with Crippen molar-refractivity contribution in [2.45, 2.75) is 62.9 Å². The summed E-state index contributed by atoms with van der Waals surface area (Å²) in [7, 11) is 0. The summed E-state index contributed by atoms with van der Waals surface area (Å²) in [6.07, 6.45) is 7.15. The van der Waals surface area contributed by atoms with Gasteiger partial charge in [-0.1, -0.05) is 28.4 Å². The first kappa shape index (κ1) is 19.3. The Bertz CT molecular complexity index is 930. The van der Waals surface area contributed by atoms with Crippen LogP contribution in [-0.2, 0) is 20.9 Å². The zero-order chi connectivity index (χ0) is 20.2. The Morgan fingerprint density at radius 3 is 2.52 bits per heavy atom. The number of hydrogen-bond donors (Lipinski definition) is 1. The summed E-state index contributed by atoms with van der Waals surface area (Å²) >= 11 is 12.7. The number of fused-ring (bicyclic) bond motifs is 3. The van der Waals surface area contributed by atoms with Gasteiger partial charge >= 0.3 is 5.97 Å². The van der Waals surface area contributed by atoms with Crippen LogP contribution in [0.25, 0.3) is 11.3 Å². The van der Waals surface area contributed by atoms with Gasteiger partial charge in [0.2, 0.25) is 0 Å². The zero-order valence-corrected chi connectivity index (χ0v) is 17.1. The minimum atomic E-state index is -1.13. The number of hydrogen-bond acceptors (Lipinski definition) is 6. The number of carboxylic acid groups (broad SMARTS) is 1. The van der Waals surface area contributed by atoms with Crippen LogP contribution in [0.15, 0.2) is 16.9 Å². The lowest BCUT2D eigenvalue weighted by molar-refractivity contribution is -0.289. The van der Waals surface area contributed by atoms with Gasteiger partial charge in [-0.25, -0.2) is 4.79 Å². The number of ether oxygens (including phenoxy) is 2. The summed E-state index contributed by atoms with van der Waals surface area (Å²) in [6.45, 7) is 0.191. The van der Waals surface area contributed by atoms with E-state index in [2.05, 4.69) is 10.1 Å². The fraction of sp³-hybridized carbons (Fsp3) is 0.550. The third kappa shape index (κ3) is 3.34. The average molecular weight is 439 g/mol. The van der Waals surface area contributed by atoms with Gasteiger partial charge in [0.25, 0.3) is 0 Å². The van der Waals surface area contributed by atoms with Crippen molar-refractivity contribution in [3.05, 3.63) is 33.8 Å². The number of carbonyl (C=O) groups is 1. The van der Waals surface area contributed by atoms with Crippen molar-refractivity contribution in [1.82, 2.24) is 10.1 Å². The van der Waals surface area contributed by atoms with E-state index in [1.165, 1.54) is 12.4 Å². The Kier molecular flexibility index (Phi) is 4.81. The van der Waals surface area contributed by atoms with Crippen LogP contribution >= 0.6 is 23.2 Å². The summed E-state index contributed by atoms with van der Waals surface area (Å²) < 4.78 is 17.7. The van der Waals surface area contributed by atoms with Gasteiger partial charge in [-0.05, 0) is 38.5 Å². The molecule has 6 rings (SSSR count). The minimum absolute atomic E-state index is 0.191. The first-order valence-electron chi connectivity index (χ1n) is 9.79. The van der Waals surface area contributed by atoms with Gasteiger partial charge in [0, 0.05) is 35.4 Å². The van der Waals surface area contributed by atoms with Crippen LogP contribution in [0.2, 0.25) is 10.0 Å². The Hall–Kier alpha value is -1.67. The van der Waals surface area contributed by atoms with Gasteiger partial charge < -0.3 is 19.1 Å². The molecule has 4 fully saturated rings. The highest BCUT2D eigenvalue weighted by Gasteiger charge is 2.52. The van der Waals surface area contributed by atoms with Crippen LogP contribution in [0, 0.1) is 5.92 Å². The molecule has 0 spiro atoms. The number of aromatic nitrogens is 2. The number of halogens is 2. The van der Waals surface area contributed by atoms with Crippen molar-refractivity contribution in [3.63, 3.8) is 0 Å². The molecule has 29 heavy (non-hydrogen) atoms. The number of pyridine rings is 1. The summed E-state index contributed by atoms with van der Waals surface area (Å²) in [5, 5.41) is 14.6. The minimum Gasteiger partial charge on any atom is -0.479 e. The SMILES string of the molecule is O=C(O)C12CCC(CC1)C(OCc1c(-c3c(Cl)cncc3Cl)noc1C1CC1)O2. The van der Waals surface area contributed by atoms with E-state index in [0.717, 1.165) is 37.0 Å². The molecular weight excluding hydrogens is 419 g/mol. The maximum absolute atomic E-state index is 11.7. The van der Waals surface area contributed by atoms with Gasteiger partial charge in [0.05, 0.1) is 16.7 Å². The lowest BCUT2D eigenvalue weighted by Gasteiger charge is -2.47. The molecule has 0 amide bonds. The summed E-state index contributed by atoms with van der Waals surface area (Å²) in [4.78, 5) is 15.7. The monoisotopic (exact) mass is 438 g/mol. The second-order valence-electron chi connectivity index (χ2n) is 8.06. The molecule has 2 saturated carbocycles. The summed E-state index contributed by atoms with van der Waals surface area (Å²) in [5.41, 5.74) is 0.759. The standard InChI is InChI=1S/C20H20Cl2N2O5/c21-13-7-23-8-14(22)15(13)16-12(17(29-24-16)10-1-2-10)9-27-18-11-3-5-20(28-18,6-4-11)19(25)26/h7-8,10-11,18H,1-6,9H2,(H,25,26). The Morgan fingerprint density at radius 2 is 1.90 bits per heavy atom. The van der Waals surface area contributed by atoms with Gasteiger partial charge in [-0.3, -0.25) is 4.98 Å². The largest absolute Gasteiger partial charge is 0.479 e. The molecular formula is C20H20Cl2N2O5. The quantitative estimate of drug-likeness (QED) is 0.691. The summed E-state index contributed by atoms with van der Waals surface area (Å²) in [6, 6.07) is 0. The van der Waals surface area contributed by atoms with Gasteiger partial charge in [-0.15, -0.1) is 0 Å². The Balaban J connectivity index is 1.43. The lowest BCUT2D eigenvalue weighted by atomic mass is 9.75. The van der Waals surface area contributed by atoms with Crippen LogP contribution in [0.4, 0.5) is 0 Å². The molecule has 9 heteroatoms. The van der Waals surface area contributed by atoms with Gasteiger partial charge in [-0.2, -0.15) is 0 Å². The van der Waals surface area contributed by atoms with Crippen LogP contribution in [0.5, 0.6) is 0 Å². The van der Waals surface area contributed by atoms with Crippen LogP contribution < -0.4 is 0 Å². The number of carboxylic acids is 1. The highest BCUT2D eigenvalue weighted by Crippen LogP contribution is 2.48. The molecule has 2 aromatic rings. The number of nitrogens with zero attached hydrogens (tertiary/aromatic N) is 2. The molecule has 0 aromatic carbocycles. The fourth-order valence-corrected chi connectivity index (χ4v) is 4.92. The van der Waals surface area contributed by atoms with E-state index >= 15 is 0 Å². The van der Waals surface area contributed by atoms with Crippen molar-refractivity contribution in [1.29, 1.82) is 0 Å². The highest BCUT2D eigenvalue weighted by molar-refractivity contribution is 6.38. The van der Waals surface area contributed by atoms with E-state index in [4.69, 9.17) is 37.2 Å². The first-order valence-corrected chi connectivity index (χ1v) is 10.5. The van der Waals surface area contributed by atoms with Crippen LogP contribution in [-0.4, -0.2) is 33.1 Å². The number of rotatable bonds is 6. The summed E-state index contributed by atoms with van der Waals surface area (Å²) in [5.74, 6) is 0.363. The number of aliphatic carboxylic acids is 1. The van der Waals surface area contributed by atoms with E-state index in [1.54, 1.807) is 0 Å². The second-order valence-corrected chi connectivity index (χ2v) is 8.87. The molecule has 2 aliphatic heterocycles. The maximum atomic E-state index is 11.7. The molecule has 0 radical (unpaired) electrons. The van der Waals surface area contributed by atoms with Crippen molar-refractivity contribution < 1.29 is 23.9 Å². The third-order valence-electron chi connectivity index (χ3n) is 6.20. The predicted octanol–water partition coefficient (Wildman–Crippen LogP) is 4.81. The predicted molar refractivity (Wildman–Crippen MR) is 104 cm³/mol. The van der Waals surface area contributed by atoms with Crippen LogP contribution in [0.1, 0.15) is 55.8 Å². The van der Waals surface area contributed by atoms with E-state index in [1.807, 2.05) is 0 Å². The third-order valence-corrected chi connectivity index (χ3v) is 6.78. The normalized spacial score (nSPS) is 28.6. The van der Waals surface area contributed by atoms with Crippen LogP contribution in [0.3, 0.4) is 0 Å². The molecule has 1 unspecified atom stereocenters. The fourth-order valence-electron chi connectivity index (χ4n) is 4.38. The molecule has 2 bridgehead atoms. The molecule has 2 saturated heterocycles. The van der Waals surface area contributed by atoms with Crippen molar-refractivity contribution in [2.75, 3.05) is 0 Å².